The van der Waals surface area contributed by atoms with Gasteiger partial charge in [0.25, 0.3) is 5.91 Å². The third kappa shape index (κ3) is 2.27. The number of hydrogen-bond acceptors (Lipinski definition) is 6. The number of fused-ring (bicyclic) bond motifs is 1. The summed E-state index contributed by atoms with van der Waals surface area (Å²) in [5, 5.41) is 0. The standard InChI is InChI=1S/C13H12N4O2S/c14-11-7(12(15)18)5-16-13(17-11)9-6-20-10-4-2-1-3-8(10)19-9/h1-5,9H,6H2,(H2,15,18)(H2,14,16,17). The third-order valence-electron chi connectivity index (χ3n) is 2.90. The van der Waals surface area contributed by atoms with Crippen molar-refractivity contribution < 1.29 is 9.53 Å². The summed E-state index contributed by atoms with van der Waals surface area (Å²) in [6.45, 7) is 0. The van der Waals surface area contributed by atoms with Crippen molar-refractivity contribution >= 4 is 23.5 Å². The van der Waals surface area contributed by atoms with E-state index in [1.165, 1.54) is 6.20 Å². The zero-order valence-electron chi connectivity index (χ0n) is 10.4. The number of carbonyl (C=O) groups is 1. The number of carbonyl (C=O) groups excluding carboxylic acids is 1. The van der Waals surface area contributed by atoms with E-state index in [9.17, 15) is 4.79 Å². The van der Waals surface area contributed by atoms with Crippen molar-refractivity contribution in [2.45, 2.75) is 11.0 Å². The van der Waals surface area contributed by atoms with E-state index < -0.39 is 5.91 Å². The maximum Gasteiger partial charge on any atom is 0.254 e. The van der Waals surface area contributed by atoms with Crippen molar-refractivity contribution in [2.24, 2.45) is 5.73 Å². The minimum atomic E-state index is -0.640. The number of benzene rings is 1. The van der Waals surface area contributed by atoms with E-state index in [1.54, 1.807) is 11.8 Å². The van der Waals surface area contributed by atoms with Crippen LogP contribution in [0, 0.1) is 0 Å². The van der Waals surface area contributed by atoms with Gasteiger partial charge in [-0.2, -0.15) is 0 Å². The number of thioether (sulfide) groups is 1. The second-order valence-corrected chi connectivity index (χ2v) is 5.32. The molecule has 1 atom stereocenters. The van der Waals surface area contributed by atoms with Gasteiger partial charge in [-0.1, -0.05) is 12.1 Å². The minimum Gasteiger partial charge on any atom is -0.480 e. The first-order valence-corrected chi connectivity index (χ1v) is 6.94. The monoisotopic (exact) mass is 288 g/mol. The van der Waals surface area contributed by atoms with Crippen LogP contribution in [-0.4, -0.2) is 21.6 Å². The average Bonchev–Trinajstić information content (AvgIpc) is 2.46. The normalized spacial score (nSPS) is 17.1. The third-order valence-corrected chi connectivity index (χ3v) is 4.02. The first kappa shape index (κ1) is 12.7. The van der Waals surface area contributed by atoms with Crippen LogP contribution in [-0.2, 0) is 0 Å². The predicted molar refractivity (Wildman–Crippen MR) is 75.5 cm³/mol. The highest BCUT2D eigenvalue weighted by Gasteiger charge is 2.24. The quantitative estimate of drug-likeness (QED) is 0.865. The number of para-hydroxylation sites is 1. The van der Waals surface area contributed by atoms with E-state index >= 15 is 0 Å². The summed E-state index contributed by atoms with van der Waals surface area (Å²) >= 11 is 1.67. The molecule has 1 aliphatic heterocycles. The zero-order chi connectivity index (χ0) is 14.1. The molecule has 1 aromatic carbocycles. The Balaban J connectivity index is 1.88. The number of aromatic nitrogens is 2. The van der Waals surface area contributed by atoms with E-state index in [2.05, 4.69) is 9.97 Å². The molecule has 102 valence electrons. The van der Waals surface area contributed by atoms with Gasteiger partial charge in [-0.3, -0.25) is 4.79 Å². The maximum absolute atomic E-state index is 11.1. The molecule has 1 aliphatic rings. The summed E-state index contributed by atoms with van der Waals surface area (Å²) in [6, 6.07) is 7.77. The largest absolute Gasteiger partial charge is 0.480 e. The number of ether oxygens (including phenoxy) is 1. The average molecular weight is 288 g/mol. The van der Waals surface area contributed by atoms with Gasteiger partial charge in [0.15, 0.2) is 11.9 Å². The fraction of sp³-hybridized carbons (Fsp3) is 0.154. The van der Waals surface area contributed by atoms with Gasteiger partial charge in [-0.05, 0) is 12.1 Å². The topological polar surface area (TPSA) is 104 Å². The summed E-state index contributed by atoms with van der Waals surface area (Å²) < 4.78 is 5.86. The van der Waals surface area contributed by atoms with Crippen molar-refractivity contribution in [3.8, 4) is 5.75 Å². The first-order chi connectivity index (χ1) is 9.65. The molecule has 0 spiro atoms. The second kappa shape index (κ2) is 5.01. The smallest absolute Gasteiger partial charge is 0.254 e. The molecule has 3 rings (SSSR count). The molecular weight excluding hydrogens is 276 g/mol. The first-order valence-electron chi connectivity index (χ1n) is 5.96. The van der Waals surface area contributed by atoms with Gasteiger partial charge in [0.1, 0.15) is 11.6 Å². The van der Waals surface area contributed by atoms with Gasteiger partial charge < -0.3 is 16.2 Å². The lowest BCUT2D eigenvalue weighted by molar-refractivity contribution is 0.1000. The molecule has 0 saturated heterocycles. The summed E-state index contributed by atoms with van der Waals surface area (Å²) in [4.78, 5) is 20.4. The molecule has 4 N–H and O–H groups in total. The SMILES string of the molecule is NC(=O)c1cnc(C2CSc3ccccc3O2)nc1N. The molecule has 1 unspecified atom stereocenters. The van der Waals surface area contributed by atoms with Crippen LogP contribution in [0.3, 0.4) is 0 Å². The molecule has 0 aliphatic carbocycles. The van der Waals surface area contributed by atoms with Crippen LogP contribution in [0.15, 0.2) is 35.4 Å². The Labute approximate surface area is 119 Å². The van der Waals surface area contributed by atoms with Crippen LogP contribution in [0.4, 0.5) is 5.82 Å². The zero-order valence-corrected chi connectivity index (χ0v) is 11.3. The summed E-state index contributed by atoms with van der Waals surface area (Å²) in [5.41, 5.74) is 11.0. The predicted octanol–water partition coefficient (Wildman–Crippen LogP) is 1.38. The van der Waals surface area contributed by atoms with Crippen LogP contribution in [0.2, 0.25) is 0 Å². The summed E-state index contributed by atoms with van der Waals surface area (Å²) in [7, 11) is 0. The lowest BCUT2D eigenvalue weighted by Crippen LogP contribution is -2.21. The highest BCUT2D eigenvalue weighted by molar-refractivity contribution is 7.99. The molecule has 0 saturated carbocycles. The molecule has 1 aromatic heterocycles. The molecule has 7 heteroatoms. The van der Waals surface area contributed by atoms with E-state index in [0.717, 1.165) is 10.6 Å². The minimum absolute atomic E-state index is 0.0787. The van der Waals surface area contributed by atoms with Gasteiger partial charge in [-0.15, -0.1) is 11.8 Å². The molecule has 20 heavy (non-hydrogen) atoms. The van der Waals surface area contributed by atoms with E-state index in [4.69, 9.17) is 16.2 Å². The van der Waals surface area contributed by atoms with Crippen molar-refractivity contribution in [1.29, 1.82) is 0 Å². The van der Waals surface area contributed by atoms with Gasteiger partial charge in [0, 0.05) is 16.8 Å². The molecule has 2 aromatic rings. The molecule has 2 heterocycles. The van der Waals surface area contributed by atoms with Crippen molar-refractivity contribution in [2.75, 3.05) is 11.5 Å². The van der Waals surface area contributed by atoms with E-state index in [-0.39, 0.29) is 17.5 Å². The number of primary amides is 1. The molecular formula is C13H12N4O2S. The Bertz CT molecular complexity index is 677. The highest BCUT2D eigenvalue weighted by Crippen LogP contribution is 2.39. The van der Waals surface area contributed by atoms with Crippen molar-refractivity contribution in [3.05, 3.63) is 41.9 Å². The number of anilines is 1. The molecule has 0 bridgehead atoms. The van der Waals surface area contributed by atoms with Gasteiger partial charge in [0.2, 0.25) is 0 Å². The summed E-state index contributed by atoms with van der Waals surface area (Å²) in [5.74, 6) is 1.38. The molecule has 6 nitrogen and oxygen atoms in total. The van der Waals surface area contributed by atoms with Crippen LogP contribution in [0.25, 0.3) is 0 Å². The van der Waals surface area contributed by atoms with Gasteiger partial charge in [-0.25, -0.2) is 9.97 Å². The lowest BCUT2D eigenvalue weighted by atomic mass is 10.2. The number of nitrogens with zero attached hydrogens (tertiary/aromatic N) is 2. The maximum atomic E-state index is 11.1. The Morgan fingerprint density at radius 3 is 2.95 bits per heavy atom. The summed E-state index contributed by atoms with van der Waals surface area (Å²) in [6.07, 6.45) is 1.05. The number of nitrogen functional groups attached to an aromatic ring is 1. The second-order valence-electron chi connectivity index (χ2n) is 4.26. The van der Waals surface area contributed by atoms with E-state index in [1.807, 2.05) is 24.3 Å². The Morgan fingerprint density at radius 1 is 1.40 bits per heavy atom. The Morgan fingerprint density at radius 2 is 2.20 bits per heavy atom. The number of hydrogen-bond donors (Lipinski definition) is 2. The van der Waals surface area contributed by atoms with Crippen LogP contribution in [0.1, 0.15) is 22.3 Å². The number of rotatable bonds is 2. The van der Waals surface area contributed by atoms with Crippen LogP contribution < -0.4 is 16.2 Å². The lowest BCUT2D eigenvalue weighted by Gasteiger charge is -2.24. The Hall–Kier alpha value is -2.28. The van der Waals surface area contributed by atoms with Crippen molar-refractivity contribution in [1.82, 2.24) is 9.97 Å². The number of nitrogens with two attached hydrogens (primary N) is 2. The van der Waals surface area contributed by atoms with Crippen molar-refractivity contribution in [3.63, 3.8) is 0 Å². The fourth-order valence-electron chi connectivity index (χ4n) is 1.90. The van der Waals surface area contributed by atoms with Crippen LogP contribution in [0.5, 0.6) is 5.75 Å². The number of amides is 1. The Kier molecular flexibility index (Phi) is 3.19. The van der Waals surface area contributed by atoms with Gasteiger partial charge in [0.05, 0.1) is 5.56 Å². The van der Waals surface area contributed by atoms with Crippen LogP contribution >= 0.6 is 11.8 Å². The van der Waals surface area contributed by atoms with Gasteiger partial charge >= 0.3 is 0 Å². The molecule has 0 fully saturated rings. The molecule has 1 amide bonds. The molecule has 0 radical (unpaired) electrons. The van der Waals surface area contributed by atoms with E-state index in [0.29, 0.717) is 11.6 Å². The highest BCUT2D eigenvalue weighted by atomic mass is 32.2. The fourth-order valence-corrected chi connectivity index (χ4v) is 2.88.